The summed E-state index contributed by atoms with van der Waals surface area (Å²) in [6.07, 6.45) is 0.472. The predicted molar refractivity (Wildman–Crippen MR) is 115 cm³/mol. The van der Waals surface area contributed by atoms with E-state index in [0.29, 0.717) is 34.9 Å². The van der Waals surface area contributed by atoms with Crippen LogP contribution in [0, 0.1) is 0 Å². The van der Waals surface area contributed by atoms with Crippen LogP contribution in [-0.4, -0.2) is 39.5 Å². The van der Waals surface area contributed by atoms with E-state index in [1.54, 1.807) is 0 Å². The number of nitrogens with zero attached hydrogens (tertiary/aromatic N) is 3. The molecule has 1 saturated heterocycles. The zero-order chi connectivity index (χ0) is 22.0. The number of rotatable bonds is 3. The lowest BCUT2D eigenvalue weighted by molar-refractivity contribution is -0.121. The van der Waals surface area contributed by atoms with Crippen LogP contribution in [0.2, 0.25) is 10.0 Å². The fourth-order valence-electron chi connectivity index (χ4n) is 3.92. The molecule has 2 aliphatic rings. The molecule has 3 aromatic rings. The highest BCUT2D eigenvalue weighted by Gasteiger charge is 2.38. The van der Waals surface area contributed by atoms with Crippen molar-refractivity contribution in [1.82, 2.24) is 9.97 Å². The molecule has 0 bridgehead atoms. The second-order valence-electron chi connectivity index (χ2n) is 6.94. The molecule has 5 rings (SSSR count). The number of halogens is 2. The molecular formula is C19H12Cl2N4O5S. The standard InChI is InChI=1S/C19H12Cl2N4O5S/c20-7-5-8(21)15-6(3-4-30-15)11(7)13-12-14(25-9(26)1-2-10(25)27)16(18(28)29)31-17(12)24-19(22)23-13/h5H,1-4H2,(H,28,29)(H2,22,23,24). The lowest BCUT2D eigenvalue weighted by atomic mass is 9.99. The molecule has 158 valence electrons. The van der Waals surface area contributed by atoms with Crippen LogP contribution in [0.25, 0.3) is 21.5 Å². The van der Waals surface area contributed by atoms with Gasteiger partial charge in [0.2, 0.25) is 17.8 Å². The minimum absolute atomic E-state index is 0.00860. The Morgan fingerprint density at radius 3 is 2.55 bits per heavy atom. The lowest BCUT2D eigenvalue weighted by Crippen LogP contribution is -2.29. The van der Waals surface area contributed by atoms with E-state index >= 15 is 0 Å². The summed E-state index contributed by atoms with van der Waals surface area (Å²) in [4.78, 5) is 46.4. The molecular weight excluding hydrogens is 467 g/mol. The third-order valence-corrected chi connectivity index (χ3v) is 6.77. The van der Waals surface area contributed by atoms with Crippen molar-refractivity contribution in [2.24, 2.45) is 0 Å². The van der Waals surface area contributed by atoms with E-state index in [2.05, 4.69) is 9.97 Å². The molecule has 0 unspecified atom stereocenters. The minimum Gasteiger partial charge on any atom is -0.491 e. The summed E-state index contributed by atoms with van der Waals surface area (Å²) in [6.45, 7) is 0.381. The number of ether oxygens (including phenoxy) is 1. The number of anilines is 2. The van der Waals surface area contributed by atoms with Gasteiger partial charge in [-0.25, -0.2) is 19.7 Å². The Morgan fingerprint density at radius 1 is 1.16 bits per heavy atom. The Hall–Kier alpha value is -2.95. The number of thiophene rings is 1. The van der Waals surface area contributed by atoms with Gasteiger partial charge in [0.25, 0.3) is 0 Å². The van der Waals surface area contributed by atoms with Crippen LogP contribution in [0.5, 0.6) is 5.75 Å². The zero-order valence-corrected chi connectivity index (χ0v) is 17.9. The van der Waals surface area contributed by atoms with E-state index in [1.807, 2.05) is 0 Å². The van der Waals surface area contributed by atoms with Crippen molar-refractivity contribution in [3.05, 3.63) is 26.6 Å². The number of imide groups is 1. The van der Waals surface area contributed by atoms with Crippen LogP contribution >= 0.6 is 34.5 Å². The highest BCUT2D eigenvalue weighted by atomic mass is 35.5. The number of nitrogens with two attached hydrogens (primary N) is 1. The first kappa shape index (κ1) is 20.0. The Morgan fingerprint density at radius 2 is 1.87 bits per heavy atom. The van der Waals surface area contributed by atoms with Crippen LogP contribution in [0.15, 0.2) is 6.07 Å². The number of amides is 2. The van der Waals surface area contributed by atoms with E-state index in [-0.39, 0.29) is 50.3 Å². The normalized spacial score (nSPS) is 15.6. The highest BCUT2D eigenvalue weighted by molar-refractivity contribution is 7.21. The molecule has 3 N–H and O–H groups in total. The van der Waals surface area contributed by atoms with Gasteiger partial charge in [0, 0.05) is 30.4 Å². The summed E-state index contributed by atoms with van der Waals surface area (Å²) in [6, 6.07) is 1.50. The molecule has 9 nitrogen and oxygen atoms in total. The number of nitrogen functional groups attached to an aromatic ring is 1. The number of aromatic nitrogens is 2. The first-order valence-corrected chi connectivity index (χ1v) is 10.7. The summed E-state index contributed by atoms with van der Waals surface area (Å²) in [5, 5.41) is 10.6. The number of carbonyl (C=O) groups excluding carboxylic acids is 2. The third kappa shape index (κ3) is 2.93. The average Bonchev–Trinajstić information content (AvgIpc) is 3.39. The van der Waals surface area contributed by atoms with E-state index < -0.39 is 17.8 Å². The molecule has 1 fully saturated rings. The van der Waals surface area contributed by atoms with Crippen LogP contribution in [0.3, 0.4) is 0 Å². The van der Waals surface area contributed by atoms with Gasteiger partial charge in [-0.1, -0.05) is 23.2 Å². The van der Waals surface area contributed by atoms with E-state index in [0.717, 1.165) is 16.2 Å². The van der Waals surface area contributed by atoms with Gasteiger partial charge >= 0.3 is 5.97 Å². The molecule has 0 aliphatic carbocycles. The third-order valence-electron chi connectivity index (χ3n) is 5.13. The molecule has 0 spiro atoms. The summed E-state index contributed by atoms with van der Waals surface area (Å²) >= 11 is 13.6. The molecule has 0 atom stereocenters. The van der Waals surface area contributed by atoms with E-state index in [4.69, 9.17) is 33.7 Å². The Bertz CT molecular complexity index is 1320. The fourth-order valence-corrected chi connectivity index (χ4v) is 5.58. The predicted octanol–water partition coefficient (Wildman–Crippen LogP) is 3.53. The number of aromatic carboxylic acids is 1. The number of hydrogen-bond acceptors (Lipinski definition) is 8. The Labute approximate surface area is 188 Å². The summed E-state index contributed by atoms with van der Waals surface area (Å²) in [5.74, 6) is -1.94. The minimum atomic E-state index is -1.30. The second-order valence-corrected chi connectivity index (χ2v) is 8.75. The topological polar surface area (TPSA) is 136 Å². The first-order valence-electron chi connectivity index (χ1n) is 9.11. The van der Waals surface area contributed by atoms with Gasteiger partial charge < -0.3 is 15.6 Å². The number of carbonyl (C=O) groups is 3. The van der Waals surface area contributed by atoms with Crippen molar-refractivity contribution < 1.29 is 24.2 Å². The molecule has 2 aliphatic heterocycles. The molecule has 12 heteroatoms. The molecule has 1 aromatic carbocycles. The second kappa shape index (κ2) is 7.04. The number of hydrogen-bond donors (Lipinski definition) is 2. The molecule has 0 radical (unpaired) electrons. The lowest BCUT2D eigenvalue weighted by Gasteiger charge is -2.17. The number of carboxylic acids is 1. The van der Waals surface area contributed by atoms with Crippen LogP contribution in [0.4, 0.5) is 11.6 Å². The van der Waals surface area contributed by atoms with E-state index in [9.17, 15) is 19.5 Å². The molecule has 4 heterocycles. The number of carboxylic acid groups (broad SMARTS) is 1. The maximum absolute atomic E-state index is 12.5. The SMILES string of the molecule is Nc1nc(-c2c(Cl)cc(Cl)c3c2CCO3)c2c(N3C(=O)CCC3=O)c(C(=O)O)sc2n1. The largest absolute Gasteiger partial charge is 0.491 e. The smallest absolute Gasteiger partial charge is 0.348 e. The summed E-state index contributed by atoms with van der Waals surface area (Å²) < 4.78 is 5.62. The highest BCUT2D eigenvalue weighted by Crippen LogP contribution is 2.49. The molecule has 0 saturated carbocycles. The summed E-state index contributed by atoms with van der Waals surface area (Å²) in [5.41, 5.74) is 7.21. The summed E-state index contributed by atoms with van der Waals surface area (Å²) in [7, 11) is 0. The number of fused-ring (bicyclic) bond motifs is 2. The Kier molecular flexibility index (Phi) is 4.54. The van der Waals surface area contributed by atoms with Gasteiger partial charge in [0.15, 0.2) is 0 Å². The zero-order valence-electron chi connectivity index (χ0n) is 15.6. The fraction of sp³-hybridized carbons (Fsp3) is 0.211. The quantitative estimate of drug-likeness (QED) is 0.545. The molecule has 2 amide bonds. The van der Waals surface area contributed by atoms with Gasteiger partial charge in [0.1, 0.15) is 15.5 Å². The van der Waals surface area contributed by atoms with Crippen molar-refractivity contribution in [3.8, 4) is 17.0 Å². The van der Waals surface area contributed by atoms with Gasteiger partial charge in [-0.2, -0.15) is 0 Å². The number of benzene rings is 1. The Balaban J connectivity index is 1.92. The van der Waals surface area contributed by atoms with Crippen LogP contribution in [0.1, 0.15) is 28.1 Å². The van der Waals surface area contributed by atoms with Crippen molar-refractivity contribution in [1.29, 1.82) is 0 Å². The monoisotopic (exact) mass is 478 g/mol. The van der Waals surface area contributed by atoms with Gasteiger partial charge in [-0.05, 0) is 6.07 Å². The molecule has 31 heavy (non-hydrogen) atoms. The maximum Gasteiger partial charge on any atom is 0.348 e. The van der Waals surface area contributed by atoms with Gasteiger partial charge in [0.05, 0.1) is 33.4 Å². The average molecular weight is 479 g/mol. The van der Waals surface area contributed by atoms with Crippen molar-refractivity contribution in [3.63, 3.8) is 0 Å². The maximum atomic E-state index is 12.5. The van der Waals surface area contributed by atoms with Gasteiger partial charge in [-0.15, -0.1) is 11.3 Å². The molecule has 2 aromatic heterocycles. The first-order chi connectivity index (χ1) is 14.8. The van der Waals surface area contributed by atoms with Crippen LogP contribution in [-0.2, 0) is 16.0 Å². The van der Waals surface area contributed by atoms with E-state index in [1.165, 1.54) is 6.07 Å². The van der Waals surface area contributed by atoms with Crippen molar-refractivity contribution in [2.75, 3.05) is 17.2 Å². The van der Waals surface area contributed by atoms with Crippen molar-refractivity contribution >= 4 is 74.2 Å². The van der Waals surface area contributed by atoms with Crippen LogP contribution < -0.4 is 15.4 Å². The van der Waals surface area contributed by atoms with Crippen molar-refractivity contribution in [2.45, 2.75) is 19.3 Å². The van der Waals surface area contributed by atoms with Gasteiger partial charge in [-0.3, -0.25) is 9.59 Å².